The van der Waals surface area contributed by atoms with E-state index in [2.05, 4.69) is 190 Å². The van der Waals surface area contributed by atoms with E-state index in [4.69, 9.17) is 4.98 Å². The molecule has 2 aliphatic carbocycles. The van der Waals surface area contributed by atoms with Crippen molar-refractivity contribution in [2.45, 2.75) is 18.3 Å². The summed E-state index contributed by atoms with van der Waals surface area (Å²) in [4.78, 5) is 9.12. The third kappa shape index (κ3) is 4.55. The number of hydrogen-bond acceptors (Lipinski definition) is 2. The molecule has 0 atom stereocenters. The minimum atomic E-state index is -0.459. The van der Waals surface area contributed by atoms with Gasteiger partial charge in [-0.15, -0.1) is 0 Å². The van der Waals surface area contributed by atoms with Crippen molar-refractivity contribution in [1.29, 1.82) is 0 Å². The van der Waals surface area contributed by atoms with Gasteiger partial charge in [-0.05, 0) is 118 Å². The molecule has 0 spiro atoms. The van der Waals surface area contributed by atoms with Crippen LogP contribution in [0.4, 0.5) is 0 Å². The first kappa shape index (κ1) is 32.0. The second-order valence-corrected chi connectivity index (χ2v) is 15.3. The van der Waals surface area contributed by atoms with Crippen LogP contribution in [0.25, 0.3) is 72.4 Å². The van der Waals surface area contributed by atoms with Crippen LogP contribution in [0.15, 0.2) is 189 Å². The zero-order valence-corrected chi connectivity index (χ0v) is 31.2. The highest BCUT2D eigenvalue weighted by Crippen LogP contribution is 2.57. The molecule has 0 unspecified atom stereocenters. The Hall–Kier alpha value is -7.30. The molecule has 4 heterocycles. The van der Waals surface area contributed by atoms with Crippen LogP contribution >= 0.6 is 0 Å². The van der Waals surface area contributed by atoms with Crippen LogP contribution < -0.4 is 0 Å². The third-order valence-corrected chi connectivity index (χ3v) is 12.5. The summed E-state index contributed by atoms with van der Waals surface area (Å²) in [6.07, 6.45) is 14.6. The average Bonchev–Trinajstić information content (AvgIpc) is 3.90. The van der Waals surface area contributed by atoms with Crippen LogP contribution in [0.1, 0.15) is 39.9 Å². The summed E-state index contributed by atoms with van der Waals surface area (Å²) in [7, 11) is 0. The van der Waals surface area contributed by atoms with Gasteiger partial charge < -0.3 is 9.13 Å². The average molecular weight is 729 g/mol. The SMILES string of the molecule is C1=Cc2c(c3cc4c(cc3n2-c2ccc(-c3ccc(-n5c6ccccc6c6cnccc65)cc3)cc2)-c2cnccc2C4(c2ccccc2)c2ccccc2)CC1. The summed E-state index contributed by atoms with van der Waals surface area (Å²) in [6, 6.07) is 58.0. The molecular formula is C53H36N4. The fraction of sp³-hybridized carbons (Fsp3) is 0.0566. The Labute approximate surface area is 330 Å². The normalized spacial score (nSPS) is 13.9. The number of nitrogens with zero attached hydrogens (tertiary/aromatic N) is 4. The van der Waals surface area contributed by atoms with E-state index >= 15 is 0 Å². The predicted octanol–water partition coefficient (Wildman–Crippen LogP) is 12.5. The maximum absolute atomic E-state index is 4.70. The summed E-state index contributed by atoms with van der Waals surface area (Å²) in [6.45, 7) is 0. The van der Waals surface area contributed by atoms with E-state index < -0.39 is 5.41 Å². The van der Waals surface area contributed by atoms with Crippen molar-refractivity contribution in [2.24, 2.45) is 0 Å². The number of aromatic nitrogens is 4. The van der Waals surface area contributed by atoms with Gasteiger partial charge in [0.15, 0.2) is 0 Å². The number of benzene rings is 6. The first-order chi connectivity index (χ1) is 28.3. The largest absolute Gasteiger partial charge is 0.310 e. The van der Waals surface area contributed by atoms with Crippen molar-refractivity contribution < 1.29 is 0 Å². The quantitative estimate of drug-likeness (QED) is 0.177. The maximum Gasteiger partial charge on any atom is 0.0714 e. The Bertz CT molecular complexity index is 3110. The Morgan fingerprint density at radius 3 is 1.84 bits per heavy atom. The lowest BCUT2D eigenvalue weighted by atomic mass is 9.67. The highest BCUT2D eigenvalue weighted by atomic mass is 15.0. The molecule has 57 heavy (non-hydrogen) atoms. The molecule has 6 aromatic carbocycles. The van der Waals surface area contributed by atoms with Crippen molar-refractivity contribution in [3.05, 3.63) is 222 Å². The van der Waals surface area contributed by atoms with Crippen molar-refractivity contribution in [3.8, 4) is 33.6 Å². The van der Waals surface area contributed by atoms with E-state index in [1.165, 1.54) is 83.0 Å². The molecule has 0 aliphatic heterocycles. The Balaban J connectivity index is 0.994. The second kappa shape index (κ2) is 12.4. The van der Waals surface area contributed by atoms with E-state index in [1.807, 2.05) is 18.6 Å². The van der Waals surface area contributed by atoms with E-state index in [-0.39, 0.29) is 0 Å². The first-order valence-electron chi connectivity index (χ1n) is 19.8. The molecule has 0 saturated carbocycles. The molecule has 4 heteroatoms. The lowest BCUT2D eigenvalue weighted by molar-refractivity contribution is 0.768. The molecule has 12 rings (SSSR count). The molecule has 0 N–H and O–H groups in total. The number of aryl methyl sites for hydroxylation is 1. The molecule has 0 saturated heterocycles. The summed E-state index contributed by atoms with van der Waals surface area (Å²) < 4.78 is 4.81. The second-order valence-electron chi connectivity index (χ2n) is 15.3. The standard InChI is InChI=1S/C53H36N4/c1-3-11-37(12-4-1)53(38-13-5-2-6-14-38)47-27-29-54-33-45(47)43-32-52-44(31-48(43)53)41-15-7-9-17-49(41)57(52)40-25-21-36(22-26-40)35-19-23-39(24-20-35)56-50-18-10-8-16-42(50)46-34-55-30-28-51(46)56/h1-6,8-14,16-34H,7,15H2. The van der Waals surface area contributed by atoms with Crippen LogP contribution in [-0.2, 0) is 11.8 Å². The predicted molar refractivity (Wildman–Crippen MR) is 233 cm³/mol. The Morgan fingerprint density at radius 1 is 0.474 bits per heavy atom. The Kier molecular flexibility index (Phi) is 6.93. The fourth-order valence-electron chi connectivity index (χ4n) is 10.0. The van der Waals surface area contributed by atoms with Gasteiger partial charge in [-0.2, -0.15) is 0 Å². The minimum absolute atomic E-state index is 0.459. The van der Waals surface area contributed by atoms with Crippen LogP contribution in [0.3, 0.4) is 0 Å². The summed E-state index contributed by atoms with van der Waals surface area (Å²) in [5.41, 5.74) is 18.1. The lowest BCUT2D eigenvalue weighted by Gasteiger charge is -2.33. The van der Waals surface area contributed by atoms with E-state index in [9.17, 15) is 0 Å². The molecule has 268 valence electrons. The van der Waals surface area contributed by atoms with E-state index in [0.717, 1.165) is 29.7 Å². The fourth-order valence-corrected chi connectivity index (χ4v) is 10.0. The van der Waals surface area contributed by atoms with Gasteiger partial charge in [0.25, 0.3) is 0 Å². The molecule has 4 aromatic heterocycles. The summed E-state index contributed by atoms with van der Waals surface area (Å²) in [5.74, 6) is 0. The number of para-hydroxylation sites is 1. The molecule has 4 nitrogen and oxygen atoms in total. The molecule has 2 aliphatic rings. The van der Waals surface area contributed by atoms with Gasteiger partial charge in [-0.25, -0.2) is 0 Å². The summed E-state index contributed by atoms with van der Waals surface area (Å²) in [5, 5.41) is 3.71. The van der Waals surface area contributed by atoms with Crippen molar-refractivity contribution in [2.75, 3.05) is 0 Å². The highest BCUT2D eigenvalue weighted by Gasteiger charge is 2.46. The van der Waals surface area contributed by atoms with E-state index in [1.54, 1.807) is 0 Å². The van der Waals surface area contributed by atoms with Gasteiger partial charge in [0.2, 0.25) is 0 Å². The smallest absolute Gasteiger partial charge is 0.0714 e. The highest BCUT2D eigenvalue weighted by molar-refractivity contribution is 6.09. The van der Waals surface area contributed by atoms with Gasteiger partial charge in [0.1, 0.15) is 0 Å². The zero-order chi connectivity index (χ0) is 37.5. The molecule has 0 bridgehead atoms. The zero-order valence-electron chi connectivity index (χ0n) is 31.2. The number of rotatable bonds is 5. The van der Waals surface area contributed by atoms with Crippen LogP contribution in [0, 0.1) is 0 Å². The van der Waals surface area contributed by atoms with Crippen LogP contribution in [0.5, 0.6) is 0 Å². The van der Waals surface area contributed by atoms with Crippen LogP contribution in [-0.4, -0.2) is 19.1 Å². The molecule has 10 aromatic rings. The molecule has 0 amide bonds. The maximum atomic E-state index is 4.70. The number of fused-ring (bicyclic) bond motifs is 9. The van der Waals surface area contributed by atoms with Gasteiger partial charge >= 0.3 is 0 Å². The first-order valence-corrected chi connectivity index (χ1v) is 19.8. The number of pyridine rings is 2. The lowest BCUT2D eigenvalue weighted by Crippen LogP contribution is -2.28. The van der Waals surface area contributed by atoms with Crippen molar-refractivity contribution in [1.82, 2.24) is 19.1 Å². The topological polar surface area (TPSA) is 35.6 Å². The number of hydrogen-bond donors (Lipinski definition) is 0. The van der Waals surface area contributed by atoms with Gasteiger partial charge in [0.05, 0.1) is 22.0 Å². The Morgan fingerprint density at radius 2 is 1.11 bits per heavy atom. The molecular weight excluding hydrogens is 693 g/mol. The summed E-state index contributed by atoms with van der Waals surface area (Å²) >= 11 is 0. The third-order valence-electron chi connectivity index (χ3n) is 12.5. The van der Waals surface area contributed by atoms with E-state index in [0.29, 0.717) is 0 Å². The minimum Gasteiger partial charge on any atom is -0.310 e. The van der Waals surface area contributed by atoms with Gasteiger partial charge in [0, 0.05) is 63.6 Å². The van der Waals surface area contributed by atoms with Crippen molar-refractivity contribution in [3.63, 3.8) is 0 Å². The monoisotopic (exact) mass is 728 g/mol. The van der Waals surface area contributed by atoms with Crippen LogP contribution in [0.2, 0.25) is 0 Å². The number of allylic oxidation sites excluding steroid dienone is 1. The van der Waals surface area contributed by atoms with Gasteiger partial charge in [-0.1, -0.05) is 109 Å². The molecule has 0 fully saturated rings. The van der Waals surface area contributed by atoms with Crippen molar-refractivity contribution >= 4 is 38.8 Å². The van der Waals surface area contributed by atoms with Gasteiger partial charge in [-0.3, -0.25) is 9.97 Å². The molecule has 0 radical (unpaired) electrons.